The molecule has 2 rings (SSSR count). The van der Waals surface area contributed by atoms with Gasteiger partial charge in [-0.2, -0.15) is 0 Å². The Morgan fingerprint density at radius 3 is 2.60 bits per heavy atom. The molecule has 0 aliphatic heterocycles. The van der Waals surface area contributed by atoms with Crippen molar-refractivity contribution in [2.45, 2.75) is 0 Å². The molecule has 0 aliphatic rings. The molecule has 4 heteroatoms. The Morgan fingerprint density at radius 1 is 1.27 bits per heavy atom. The summed E-state index contributed by atoms with van der Waals surface area (Å²) >= 11 is 0. The summed E-state index contributed by atoms with van der Waals surface area (Å²) in [5, 5.41) is 18.3. The molecule has 2 N–H and O–H groups in total. The lowest BCUT2D eigenvalue weighted by Gasteiger charge is -2.02. The molecule has 0 saturated carbocycles. The summed E-state index contributed by atoms with van der Waals surface area (Å²) < 4.78 is 5.09. The van der Waals surface area contributed by atoms with Crippen molar-refractivity contribution in [3.63, 3.8) is 0 Å². The summed E-state index contributed by atoms with van der Waals surface area (Å²) in [5.41, 5.74) is 0.521. The van der Waals surface area contributed by atoms with Crippen molar-refractivity contribution in [3.8, 4) is 17.1 Å². The zero-order chi connectivity index (χ0) is 10.8. The molecule has 1 heterocycles. The molecule has 2 aromatic rings. The highest BCUT2D eigenvalue weighted by Crippen LogP contribution is 2.30. The first-order chi connectivity index (χ1) is 7.18. The molecule has 0 radical (unpaired) electrons. The van der Waals surface area contributed by atoms with Crippen molar-refractivity contribution < 1.29 is 19.4 Å². The number of carboxylic acid groups (broad SMARTS) is 1. The summed E-state index contributed by atoms with van der Waals surface area (Å²) in [6.45, 7) is 0. The fourth-order valence-corrected chi connectivity index (χ4v) is 1.30. The predicted octanol–water partition coefficient (Wildman–Crippen LogP) is 2.35. The molecule has 4 nitrogen and oxygen atoms in total. The van der Waals surface area contributed by atoms with Crippen LogP contribution in [0, 0.1) is 0 Å². The first-order valence-corrected chi connectivity index (χ1v) is 4.28. The van der Waals surface area contributed by atoms with E-state index in [0.29, 0.717) is 11.3 Å². The quantitative estimate of drug-likeness (QED) is 0.787. The number of aromatic hydroxyl groups is 1. The molecule has 0 unspecified atom stereocenters. The van der Waals surface area contributed by atoms with Crippen LogP contribution in [0.1, 0.15) is 10.4 Å². The third kappa shape index (κ3) is 1.69. The maximum atomic E-state index is 10.6. The van der Waals surface area contributed by atoms with Crippen LogP contribution in [-0.4, -0.2) is 16.2 Å². The summed E-state index contributed by atoms with van der Waals surface area (Å²) in [6, 6.07) is 7.51. The van der Waals surface area contributed by atoms with Crippen molar-refractivity contribution in [2.24, 2.45) is 0 Å². The number of furan rings is 1. The maximum absolute atomic E-state index is 10.6. The van der Waals surface area contributed by atoms with Gasteiger partial charge in [0.2, 0.25) is 0 Å². The van der Waals surface area contributed by atoms with E-state index in [-0.39, 0.29) is 11.3 Å². The SMILES string of the molecule is O=C(O)c1ccc(-c2ccco2)c(O)c1. The van der Waals surface area contributed by atoms with Crippen molar-refractivity contribution in [2.75, 3.05) is 0 Å². The van der Waals surface area contributed by atoms with Crippen LogP contribution in [0.4, 0.5) is 0 Å². The van der Waals surface area contributed by atoms with Gasteiger partial charge in [-0.15, -0.1) is 0 Å². The molecule has 15 heavy (non-hydrogen) atoms. The maximum Gasteiger partial charge on any atom is 0.335 e. The van der Waals surface area contributed by atoms with Gasteiger partial charge in [-0.1, -0.05) is 0 Å². The molecule has 1 aromatic heterocycles. The van der Waals surface area contributed by atoms with Gasteiger partial charge in [0.15, 0.2) is 0 Å². The van der Waals surface area contributed by atoms with Gasteiger partial charge in [-0.3, -0.25) is 0 Å². The van der Waals surface area contributed by atoms with E-state index in [0.717, 1.165) is 0 Å². The summed E-state index contributed by atoms with van der Waals surface area (Å²) in [7, 11) is 0. The molecule has 0 aliphatic carbocycles. The molecular weight excluding hydrogens is 196 g/mol. The molecule has 0 saturated heterocycles. The molecule has 76 valence electrons. The summed E-state index contributed by atoms with van der Waals surface area (Å²) in [6.07, 6.45) is 1.49. The number of hydrogen-bond donors (Lipinski definition) is 2. The van der Waals surface area contributed by atoms with Crippen LogP contribution >= 0.6 is 0 Å². The van der Waals surface area contributed by atoms with Gasteiger partial charge in [0.05, 0.1) is 17.4 Å². The normalized spacial score (nSPS) is 10.1. The van der Waals surface area contributed by atoms with Crippen LogP contribution in [-0.2, 0) is 0 Å². The van der Waals surface area contributed by atoms with Crippen LogP contribution in [0.3, 0.4) is 0 Å². The minimum Gasteiger partial charge on any atom is -0.507 e. The smallest absolute Gasteiger partial charge is 0.335 e. The standard InChI is InChI=1S/C11H8O4/c12-9-6-7(11(13)14)3-4-8(9)10-2-1-5-15-10/h1-6,12H,(H,13,14). The van der Waals surface area contributed by atoms with Gasteiger partial charge in [0.1, 0.15) is 11.5 Å². The lowest BCUT2D eigenvalue weighted by atomic mass is 10.1. The lowest BCUT2D eigenvalue weighted by Crippen LogP contribution is -1.95. The zero-order valence-corrected chi connectivity index (χ0v) is 7.68. The van der Waals surface area contributed by atoms with E-state index in [4.69, 9.17) is 9.52 Å². The van der Waals surface area contributed by atoms with E-state index in [9.17, 15) is 9.90 Å². The molecule has 0 atom stereocenters. The van der Waals surface area contributed by atoms with Crippen LogP contribution < -0.4 is 0 Å². The monoisotopic (exact) mass is 204 g/mol. The Labute approximate surface area is 85.4 Å². The largest absolute Gasteiger partial charge is 0.507 e. The fraction of sp³-hybridized carbons (Fsp3) is 0. The second kappa shape index (κ2) is 3.49. The number of phenols is 1. The Morgan fingerprint density at radius 2 is 2.07 bits per heavy atom. The van der Waals surface area contributed by atoms with Crippen molar-refractivity contribution in [1.29, 1.82) is 0 Å². The Kier molecular flexibility index (Phi) is 2.17. The number of carboxylic acids is 1. The van der Waals surface area contributed by atoms with Crippen LogP contribution in [0.25, 0.3) is 11.3 Å². The highest BCUT2D eigenvalue weighted by Gasteiger charge is 2.10. The highest BCUT2D eigenvalue weighted by molar-refractivity contribution is 5.89. The number of benzene rings is 1. The Hall–Kier alpha value is -2.23. The lowest BCUT2D eigenvalue weighted by molar-refractivity contribution is 0.0696. The van der Waals surface area contributed by atoms with Crippen molar-refractivity contribution in [3.05, 3.63) is 42.2 Å². The first-order valence-electron chi connectivity index (χ1n) is 4.28. The second-order valence-corrected chi connectivity index (χ2v) is 3.01. The van der Waals surface area contributed by atoms with Gasteiger partial charge in [0.25, 0.3) is 0 Å². The molecular formula is C11H8O4. The van der Waals surface area contributed by atoms with Gasteiger partial charge in [-0.05, 0) is 30.3 Å². The minimum absolute atomic E-state index is 0.0443. The number of rotatable bonds is 2. The molecule has 0 bridgehead atoms. The van der Waals surface area contributed by atoms with Crippen LogP contribution in [0.5, 0.6) is 5.75 Å². The van der Waals surface area contributed by atoms with E-state index in [2.05, 4.69) is 0 Å². The van der Waals surface area contributed by atoms with Gasteiger partial charge >= 0.3 is 5.97 Å². The minimum atomic E-state index is -1.07. The van der Waals surface area contributed by atoms with Gasteiger partial charge < -0.3 is 14.6 Å². The predicted molar refractivity (Wildman–Crippen MR) is 52.8 cm³/mol. The molecule has 1 aromatic carbocycles. The third-order valence-corrected chi connectivity index (χ3v) is 2.03. The number of phenolic OH excluding ortho intramolecular Hbond substituents is 1. The van der Waals surface area contributed by atoms with Gasteiger partial charge in [0, 0.05) is 0 Å². The highest BCUT2D eigenvalue weighted by atomic mass is 16.4. The average molecular weight is 204 g/mol. The van der Waals surface area contributed by atoms with Crippen molar-refractivity contribution >= 4 is 5.97 Å². The number of hydrogen-bond acceptors (Lipinski definition) is 3. The molecule has 0 spiro atoms. The van der Waals surface area contributed by atoms with Gasteiger partial charge in [-0.25, -0.2) is 4.79 Å². The van der Waals surface area contributed by atoms with E-state index in [1.165, 1.54) is 24.5 Å². The van der Waals surface area contributed by atoms with E-state index < -0.39 is 5.97 Å². The third-order valence-electron chi connectivity index (χ3n) is 2.03. The van der Waals surface area contributed by atoms with E-state index in [1.54, 1.807) is 12.1 Å². The Balaban J connectivity index is 2.48. The van der Waals surface area contributed by atoms with Crippen LogP contribution in [0.15, 0.2) is 41.0 Å². The number of carbonyl (C=O) groups is 1. The summed E-state index contributed by atoms with van der Waals surface area (Å²) in [5.74, 6) is -0.675. The van der Waals surface area contributed by atoms with E-state index in [1.807, 2.05) is 0 Å². The summed E-state index contributed by atoms with van der Waals surface area (Å²) in [4.78, 5) is 10.6. The van der Waals surface area contributed by atoms with Crippen LogP contribution in [0.2, 0.25) is 0 Å². The van der Waals surface area contributed by atoms with E-state index >= 15 is 0 Å². The topological polar surface area (TPSA) is 70.7 Å². The zero-order valence-electron chi connectivity index (χ0n) is 7.68. The number of aromatic carboxylic acids is 1. The fourth-order valence-electron chi connectivity index (χ4n) is 1.30. The van der Waals surface area contributed by atoms with Crippen molar-refractivity contribution in [1.82, 2.24) is 0 Å². The first kappa shape index (κ1) is 9.33. The molecule has 0 fully saturated rings. The second-order valence-electron chi connectivity index (χ2n) is 3.01. The Bertz CT molecular complexity index is 485. The average Bonchev–Trinajstić information content (AvgIpc) is 2.70. The molecule has 0 amide bonds.